The standard InChI is InChI=1S/C6H10S2/c1-4(2)5(3)6(7)8/h1-3H3,(H,7,8). The minimum atomic E-state index is 0.699. The Hall–Kier alpha value is 0.180. The lowest BCUT2D eigenvalue weighted by Gasteiger charge is -1.96. The van der Waals surface area contributed by atoms with E-state index in [1.165, 1.54) is 5.57 Å². The number of thiol groups is 1. The second kappa shape index (κ2) is 3.25. The molecule has 0 aromatic heterocycles. The van der Waals surface area contributed by atoms with E-state index in [-0.39, 0.29) is 0 Å². The first-order valence-electron chi connectivity index (χ1n) is 2.43. The van der Waals surface area contributed by atoms with E-state index < -0.39 is 0 Å². The van der Waals surface area contributed by atoms with Gasteiger partial charge in [-0.05, 0) is 26.3 Å². The molecule has 46 valence electrons. The van der Waals surface area contributed by atoms with Crippen LogP contribution in [0.1, 0.15) is 20.8 Å². The zero-order valence-electron chi connectivity index (χ0n) is 5.36. The van der Waals surface area contributed by atoms with Gasteiger partial charge in [0, 0.05) is 0 Å². The minimum absolute atomic E-state index is 0.699. The number of thiocarbonyl (C=S) groups is 1. The van der Waals surface area contributed by atoms with Crippen molar-refractivity contribution in [2.45, 2.75) is 20.8 Å². The van der Waals surface area contributed by atoms with Crippen LogP contribution >= 0.6 is 24.8 Å². The van der Waals surface area contributed by atoms with Gasteiger partial charge in [0.2, 0.25) is 0 Å². The Morgan fingerprint density at radius 3 is 1.62 bits per heavy atom. The summed E-state index contributed by atoms with van der Waals surface area (Å²) in [6.07, 6.45) is 0. The van der Waals surface area contributed by atoms with Gasteiger partial charge in [-0.3, -0.25) is 0 Å². The zero-order chi connectivity index (χ0) is 6.73. The van der Waals surface area contributed by atoms with Crippen molar-refractivity contribution in [3.05, 3.63) is 11.1 Å². The molecule has 0 amide bonds. The summed E-state index contributed by atoms with van der Waals surface area (Å²) in [4.78, 5) is 0. The van der Waals surface area contributed by atoms with Crippen LogP contribution in [0, 0.1) is 0 Å². The van der Waals surface area contributed by atoms with Gasteiger partial charge in [0.15, 0.2) is 0 Å². The molecule has 0 unspecified atom stereocenters. The van der Waals surface area contributed by atoms with E-state index >= 15 is 0 Å². The predicted molar refractivity (Wildman–Crippen MR) is 45.6 cm³/mol. The number of hydrogen-bond donors (Lipinski definition) is 1. The number of hydrogen-bond acceptors (Lipinski definition) is 1. The van der Waals surface area contributed by atoms with Crippen molar-refractivity contribution in [1.29, 1.82) is 0 Å². The Bertz CT molecular complexity index is 129. The van der Waals surface area contributed by atoms with Crippen LogP contribution in [0.2, 0.25) is 0 Å². The van der Waals surface area contributed by atoms with Gasteiger partial charge in [-0.15, -0.1) is 12.6 Å². The van der Waals surface area contributed by atoms with Gasteiger partial charge < -0.3 is 0 Å². The average molecular weight is 146 g/mol. The van der Waals surface area contributed by atoms with Crippen molar-refractivity contribution >= 4 is 29.0 Å². The Morgan fingerprint density at radius 2 is 1.62 bits per heavy atom. The van der Waals surface area contributed by atoms with E-state index in [1.54, 1.807) is 0 Å². The summed E-state index contributed by atoms with van der Waals surface area (Å²) in [5.74, 6) is 0. The van der Waals surface area contributed by atoms with E-state index in [2.05, 4.69) is 12.6 Å². The smallest absolute Gasteiger partial charge is 0.0703 e. The molecule has 2 heteroatoms. The second-order valence-corrected chi connectivity index (χ2v) is 3.09. The highest BCUT2D eigenvalue weighted by molar-refractivity contribution is 8.11. The van der Waals surface area contributed by atoms with Crippen LogP contribution < -0.4 is 0 Å². The number of rotatable bonds is 1. The molecule has 0 N–H and O–H groups in total. The molecule has 0 spiro atoms. The molecule has 0 aromatic carbocycles. The van der Waals surface area contributed by atoms with Crippen molar-refractivity contribution in [2.75, 3.05) is 0 Å². The quantitative estimate of drug-likeness (QED) is 0.337. The summed E-state index contributed by atoms with van der Waals surface area (Å²) in [5.41, 5.74) is 2.35. The molecule has 0 atom stereocenters. The van der Waals surface area contributed by atoms with Crippen LogP contribution in [-0.2, 0) is 0 Å². The molecule has 0 radical (unpaired) electrons. The Kier molecular flexibility index (Phi) is 3.33. The maximum absolute atomic E-state index is 4.80. The fourth-order valence-electron chi connectivity index (χ4n) is 0.214. The molecule has 0 aliphatic rings. The van der Waals surface area contributed by atoms with E-state index in [0.29, 0.717) is 4.20 Å². The normalized spacial score (nSPS) is 8.50. The molecule has 0 fully saturated rings. The molecule has 0 nitrogen and oxygen atoms in total. The lowest BCUT2D eigenvalue weighted by atomic mass is 10.2. The largest absolute Gasteiger partial charge is 0.132 e. The van der Waals surface area contributed by atoms with Gasteiger partial charge in [-0.25, -0.2) is 0 Å². The van der Waals surface area contributed by atoms with Gasteiger partial charge in [-0.2, -0.15) is 0 Å². The van der Waals surface area contributed by atoms with E-state index in [9.17, 15) is 0 Å². The highest BCUT2D eigenvalue weighted by Gasteiger charge is 1.92. The Labute approximate surface area is 61.4 Å². The van der Waals surface area contributed by atoms with Crippen molar-refractivity contribution in [2.24, 2.45) is 0 Å². The van der Waals surface area contributed by atoms with Gasteiger partial charge in [0.05, 0.1) is 4.20 Å². The molecular weight excluding hydrogens is 136 g/mol. The topological polar surface area (TPSA) is 0 Å². The first-order chi connectivity index (χ1) is 3.55. The molecule has 0 saturated carbocycles. The minimum Gasteiger partial charge on any atom is -0.132 e. The van der Waals surface area contributed by atoms with Gasteiger partial charge in [0.25, 0.3) is 0 Å². The van der Waals surface area contributed by atoms with E-state index in [1.807, 2.05) is 20.8 Å². The molecule has 0 bridgehead atoms. The average Bonchev–Trinajstić information content (AvgIpc) is 1.64. The molecule has 8 heavy (non-hydrogen) atoms. The molecular formula is C6H10S2. The first kappa shape index (κ1) is 8.18. The van der Waals surface area contributed by atoms with Crippen LogP contribution in [0.25, 0.3) is 0 Å². The van der Waals surface area contributed by atoms with Crippen molar-refractivity contribution in [1.82, 2.24) is 0 Å². The summed E-state index contributed by atoms with van der Waals surface area (Å²) in [6.45, 7) is 6.03. The first-order valence-corrected chi connectivity index (χ1v) is 3.28. The Morgan fingerprint density at radius 1 is 1.25 bits per heavy atom. The maximum atomic E-state index is 4.80. The fourth-order valence-corrected chi connectivity index (χ4v) is 0.642. The molecule has 0 rings (SSSR count). The SMILES string of the molecule is CC(C)=C(C)C(=S)S. The summed E-state index contributed by atoms with van der Waals surface area (Å²) in [6, 6.07) is 0. The third-order valence-electron chi connectivity index (χ3n) is 1.07. The third kappa shape index (κ3) is 2.48. The maximum Gasteiger partial charge on any atom is 0.0703 e. The zero-order valence-corrected chi connectivity index (χ0v) is 7.07. The summed E-state index contributed by atoms with van der Waals surface area (Å²) >= 11 is 8.81. The van der Waals surface area contributed by atoms with Crippen LogP contribution in [-0.4, -0.2) is 4.20 Å². The van der Waals surface area contributed by atoms with E-state index in [4.69, 9.17) is 12.2 Å². The van der Waals surface area contributed by atoms with Crippen LogP contribution in [0.4, 0.5) is 0 Å². The molecule has 0 aromatic rings. The predicted octanol–water partition coefficient (Wildman–Crippen LogP) is 2.60. The van der Waals surface area contributed by atoms with Gasteiger partial charge in [0.1, 0.15) is 0 Å². The summed E-state index contributed by atoms with van der Waals surface area (Å²) < 4.78 is 0.699. The van der Waals surface area contributed by atoms with E-state index in [0.717, 1.165) is 5.57 Å². The van der Waals surface area contributed by atoms with Crippen molar-refractivity contribution in [3.8, 4) is 0 Å². The van der Waals surface area contributed by atoms with Crippen molar-refractivity contribution in [3.63, 3.8) is 0 Å². The van der Waals surface area contributed by atoms with Gasteiger partial charge >= 0.3 is 0 Å². The van der Waals surface area contributed by atoms with Gasteiger partial charge in [-0.1, -0.05) is 17.8 Å². The van der Waals surface area contributed by atoms with Crippen molar-refractivity contribution < 1.29 is 0 Å². The summed E-state index contributed by atoms with van der Waals surface area (Å²) in [7, 11) is 0. The fraction of sp³-hybridized carbons (Fsp3) is 0.500. The molecule has 0 heterocycles. The summed E-state index contributed by atoms with van der Waals surface area (Å²) in [5, 5.41) is 0. The third-order valence-corrected chi connectivity index (χ3v) is 1.71. The monoisotopic (exact) mass is 146 g/mol. The van der Waals surface area contributed by atoms with Crippen LogP contribution in [0.5, 0.6) is 0 Å². The van der Waals surface area contributed by atoms with Crippen LogP contribution in [0.15, 0.2) is 11.1 Å². The highest BCUT2D eigenvalue weighted by Crippen LogP contribution is 2.06. The number of allylic oxidation sites excluding steroid dienone is 1. The molecule has 0 aliphatic heterocycles. The lowest BCUT2D eigenvalue weighted by Crippen LogP contribution is -1.86. The van der Waals surface area contributed by atoms with Crippen LogP contribution in [0.3, 0.4) is 0 Å². The molecule has 0 aliphatic carbocycles. The highest BCUT2D eigenvalue weighted by atomic mass is 32.1. The Balaban J connectivity index is 4.23. The molecule has 0 saturated heterocycles. The second-order valence-electron chi connectivity index (χ2n) is 1.93. The lowest BCUT2D eigenvalue weighted by molar-refractivity contribution is 1.33.